The van der Waals surface area contributed by atoms with Crippen LogP contribution in [0.4, 0.5) is 0 Å². The molecule has 0 radical (unpaired) electrons. The topological polar surface area (TPSA) is 58.6 Å². The van der Waals surface area contributed by atoms with Crippen molar-refractivity contribution in [1.82, 2.24) is 5.32 Å². The van der Waals surface area contributed by atoms with E-state index in [2.05, 4.69) is 24.4 Å². The summed E-state index contributed by atoms with van der Waals surface area (Å²) in [4.78, 5) is 13.0. The number of hydrogen-bond donors (Lipinski definition) is 2. The summed E-state index contributed by atoms with van der Waals surface area (Å²) in [6, 6.07) is 8.06. The standard InChI is InChI=1S/C18H27NO3/c1-13-6-4-5-7-16(13)18(8-10-22-11-9-18)17(21)19-14(2)12-15(3)20/h4-7,14-15,20H,8-12H2,1-3H3,(H,19,21)/t14-,15+/m1/s1. The molecule has 0 aliphatic carbocycles. The third-order valence-corrected chi connectivity index (χ3v) is 4.51. The van der Waals surface area contributed by atoms with Crippen LogP contribution in [-0.2, 0) is 14.9 Å². The Bertz CT molecular complexity index is 507. The van der Waals surface area contributed by atoms with Crippen molar-refractivity contribution < 1.29 is 14.6 Å². The maximum absolute atomic E-state index is 13.0. The average Bonchev–Trinajstić information content (AvgIpc) is 2.47. The average molecular weight is 305 g/mol. The van der Waals surface area contributed by atoms with E-state index in [1.54, 1.807) is 6.92 Å². The van der Waals surface area contributed by atoms with Crippen LogP contribution in [0.25, 0.3) is 0 Å². The lowest BCUT2D eigenvalue weighted by atomic mass is 9.71. The largest absolute Gasteiger partial charge is 0.393 e. The second kappa shape index (κ2) is 7.25. The quantitative estimate of drug-likeness (QED) is 0.878. The van der Waals surface area contributed by atoms with E-state index in [-0.39, 0.29) is 11.9 Å². The monoisotopic (exact) mass is 305 g/mol. The van der Waals surface area contributed by atoms with E-state index >= 15 is 0 Å². The van der Waals surface area contributed by atoms with E-state index < -0.39 is 11.5 Å². The Morgan fingerprint density at radius 2 is 1.95 bits per heavy atom. The van der Waals surface area contributed by atoms with Gasteiger partial charge in [0.25, 0.3) is 0 Å². The molecule has 1 heterocycles. The SMILES string of the molecule is Cc1ccccc1C1(C(=O)N[C@H](C)C[C@H](C)O)CCOCC1. The minimum atomic E-state index is -0.517. The van der Waals surface area contributed by atoms with Crippen molar-refractivity contribution in [2.45, 2.75) is 57.6 Å². The first-order valence-corrected chi connectivity index (χ1v) is 8.08. The molecule has 4 nitrogen and oxygen atoms in total. The lowest BCUT2D eigenvalue weighted by Crippen LogP contribution is -2.51. The van der Waals surface area contributed by atoms with Crippen LogP contribution in [0, 0.1) is 6.92 Å². The molecule has 22 heavy (non-hydrogen) atoms. The Kier molecular flexibility index (Phi) is 5.59. The fraction of sp³-hybridized carbons (Fsp3) is 0.611. The Morgan fingerprint density at radius 1 is 1.32 bits per heavy atom. The van der Waals surface area contributed by atoms with Crippen LogP contribution in [0.15, 0.2) is 24.3 Å². The van der Waals surface area contributed by atoms with Crippen molar-refractivity contribution in [3.63, 3.8) is 0 Å². The van der Waals surface area contributed by atoms with E-state index in [0.29, 0.717) is 32.5 Å². The minimum absolute atomic E-state index is 0.0451. The molecule has 1 saturated heterocycles. The summed E-state index contributed by atoms with van der Waals surface area (Å²) in [7, 11) is 0. The molecule has 0 aromatic heterocycles. The first kappa shape index (κ1) is 17.0. The number of aliphatic hydroxyl groups excluding tert-OH is 1. The van der Waals surface area contributed by atoms with Gasteiger partial charge in [0.2, 0.25) is 5.91 Å². The minimum Gasteiger partial charge on any atom is -0.393 e. The Labute approximate surface area is 132 Å². The van der Waals surface area contributed by atoms with E-state index in [1.165, 1.54) is 0 Å². The number of rotatable bonds is 5. The summed E-state index contributed by atoms with van der Waals surface area (Å²) >= 11 is 0. The van der Waals surface area contributed by atoms with Gasteiger partial charge in [-0.15, -0.1) is 0 Å². The molecule has 1 aromatic carbocycles. The summed E-state index contributed by atoms with van der Waals surface area (Å²) < 4.78 is 5.49. The summed E-state index contributed by atoms with van der Waals surface area (Å²) in [5.74, 6) is 0.0539. The highest BCUT2D eigenvalue weighted by atomic mass is 16.5. The van der Waals surface area contributed by atoms with Gasteiger partial charge in [-0.05, 0) is 51.2 Å². The maximum atomic E-state index is 13.0. The van der Waals surface area contributed by atoms with Gasteiger partial charge >= 0.3 is 0 Å². The molecule has 0 unspecified atom stereocenters. The highest BCUT2D eigenvalue weighted by Crippen LogP contribution is 2.37. The highest BCUT2D eigenvalue weighted by molar-refractivity contribution is 5.89. The van der Waals surface area contributed by atoms with Gasteiger partial charge in [0.05, 0.1) is 11.5 Å². The van der Waals surface area contributed by atoms with E-state index in [4.69, 9.17) is 4.74 Å². The van der Waals surface area contributed by atoms with Gasteiger partial charge in [-0.2, -0.15) is 0 Å². The smallest absolute Gasteiger partial charge is 0.231 e. The highest BCUT2D eigenvalue weighted by Gasteiger charge is 2.42. The molecule has 1 aliphatic rings. The molecule has 1 amide bonds. The first-order chi connectivity index (χ1) is 10.5. The molecule has 1 fully saturated rings. The van der Waals surface area contributed by atoms with Crippen LogP contribution in [-0.4, -0.2) is 36.4 Å². The predicted molar refractivity (Wildman–Crippen MR) is 86.8 cm³/mol. The number of benzene rings is 1. The number of aliphatic hydroxyl groups is 1. The maximum Gasteiger partial charge on any atom is 0.231 e. The van der Waals surface area contributed by atoms with Crippen LogP contribution in [0.3, 0.4) is 0 Å². The summed E-state index contributed by atoms with van der Waals surface area (Å²) in [5, 5.41) is 12.6. The molecule has 1 aliphatic heterocycles. The van der Waals surface area contributed by atoms with Crippen LogP contribution in [0.1, 0.15) is 44.2 Å². The third kappa shape index (κ3) is 3.68. The van der Waals surface area contributed by atoms with Gasteiger partial charge in [0, 0.05) is 19.3 Å². The second-order valence-corrected chi connectivity index (χ2v) is 6.47. The van der Waals surface area contributed by atoms with Crippen molar-refractivity contribution in [3.8, 4) is 0 Å². The van der Waals surface area contributed by atoms with Gasteiger partial charge in [-0.3, -0.25) is 4.79 Å². The van der Waals surface area contributed by atoms with E-state index in [9.17, 15) is 9.90 Å². The zero-order valence-electron chi connectivity index (χ0n) is 13.8. The number of aryl methyl sites for hydroxylation is 1. The van der Waals surface area contributed by atoms with Crippen molar-refractivity contribution in [1.29, 1.82) is 0 Å². The molecule has 2 atom stereocenters. The van der Waals surface area contributed by atoms with Crippen molar-refractivity contribution in [2.24, 2.45) is 0 Å². The van der Waals surface area contributed by atoms with Crippen molar-refractivity contribution >= 4 is 5.91 Å². The van der Waals surface area contributed by atoms with Crippen LogP contribution < -0.4 is 5.32 Å². The summed E-state index contributed by atoms with van der Waals surface area (Å²) in [6.45, 7) is 6.95. The van der Waals surface area contributed by atoms with Gasteiger partial charge < -0.3 is 15.2 Å². The zero-order valence-corrected chi connectivity index (χ0v) is 13.8. The summed E-state index contributed by atoms with van der Waals surface area (Å²) in [5.41, 5.74) is 1.72. The van der Waals surface area contributed by atoms with Gasteiger partial charge in [-0.1, -0.05) is 24.3 Å². The number of carbonyl (C=O) groups excluding carboxylic acids is 1. The Balaban J connectivity index is 2.26. The third-order valence-electron chi connectivity index (χ3n) is 4.51. The van der Waals surface area contributed by atoms with Crippen LogP contribution in [0.2, 0.25) is 0 Å². The molecule has 2 N–H and O–H groups in total. The fourth-order valence-corrected chi connectivity index (χ4v) is 3.38. The lowest BCUT2D eigenvalue weighted by molar-refractivity contribution is -0.131. The summed E-state index contributed by atoms with van der Waals surface area (Å²) in [6.07, 6.45) is 1.54. The predicted octanol–water partition coefficient (Wildman–Crippen LogP) is 2.32. The molecular weight excluding hydrogens is 278 g/mol. The Hall–Kier alpha value is -1.39. The Morgan fingerprint density at radius 3 is 2.55 bits per heavy atom. The molecule has 4 heteroatoms. The molecule has 122 valence electrons. The normalized spacial score (nSPS) is 20.2. The molecule has 2 rings (SSSR count). The van der Waals surface area contributed by atoms with E-state index in [0.717, 1.165) is 11.1 Å². The number of amides is 1. The molecular formula is C18H27NO3. The lowest BCUT2D eigenvalue weighted by Gasteiger charge is -2.38. The molecule has 0 spiro atoms. The van der Waals surface area contributed by atoms with Crippen molar-refractivity contribution in [2.75, 3.05) is 13.2 Å². The molecule has 0 bridgehead atoms. The number of carbonyl (C=O) groups is 1. The fourth-order valence-electron chi connectivity index (χ4n) is 3.38. The second-order valence-electron chi connectivity index (χ2n) is 6.47. The van der Waals surface area contributed by atoms with Gasteiger partial charge in [0.15, 0.2) is 0 Å². The zero-order chi connectivity index (χ0) is 16.2. The number of ether oxygens (including phenoxy) is 1. The van der Waals surface area contributed by atoms with Gasteiger partial charge in [-0.25, -0.2) is 0 Å². The van der Waals surface area contributed by atoms with Crippen molar-refractivity contribution in [3.05, 3.63) is 35.4 Å². The number of nitrogens with one attached hydrogen (secondary N) is 1. The van der Waals surface area contributed by atoms with Crippen LogP contribution >= 0.6 is 0 Å². The molecule has 1 aromatic rings. The molecule has 0 saturated carbocycles. The first-order valence-electron chi connectivity index (χ1n) is 8.08. The van der Waals surface area contributed by atoms with Gasteiger partial charge in [0.1, 0.15) is 0 Å². The number of hydrogen-bond acceptors (Lipinski definition) is 3. The van der Waals surface area contributed by atoms with Crippen LogP contribution in [0.5, 0.6) is 0 Å². The van der Waals surface area contributed by atoms with E-state index in [1.807, 2.05) is 19.1 Å².